The monoisotopic (exact) mass is 330 g/mol. The van der Waals surface area contributed by atoms with Crippen LogP contribution >= 0.6 is 0 Å². The van der Waals surface area contributed by atoms with Crippen molar-refractivity contribution in [3.8, 4) is 0 Å². The molecule has 0 saturated heterocycles. The highest BCUT2D eigenvalue weighted by molar-refractivity contribution is 5.85. The molecule has 0 radical (unpaired) electrons. The van der Waals surface area contributed by atoms with Gasteiger partial charge in [-0.15, -0.1) is 0 Å². The number of allylic oxidation sites excluding steroid dienone is 1. The molecule has 7 atom stereocenters. The number of fused-ring (bicyclic) bond motifs is 5. The largest absolute Gasteiger partial charge is 0.393 e. The van der Waals surface area contributed by atoms with Crippen LogP contribution in [0.25, 0.3) is 0 Å². The summed E-state index contributed by atoms with van der Waals surface area (Å²) >= 11 is 0. The van der Waals surface area contributed by atoms with E-state index >= 15 is 0 Å². The van der Waals surface area contributed by atoms with Gasteiger partial charge >= 0.3 is 0 Å². The summed E-state index contributed by atoms with van der Waals surface area (Å²) in [4.78, 5) is 0. The van der Waals surface area contributed by atoms with Crippen LogP contribution in [0, 0.1) is 34.5 Å². The summed E-state index contributed by atoms with van der Waals surface area (Å²) in [6.45, 7) is 7.16. The van der Waals surface area contributed by atoms with E-state index in [1.807, 2.05) is 0 Å². The topological polar surface area (TPSA) is 58.6 Å². The van der Waals surface area contributed by atoms with Crippen molar-refractivity contribution in [1.29, 1.82) is 0 Å². The molecule has 3 saturated carbocycles. The van der Waals surface area contributed by atoms with Gasteiger partial charge in [-0.1, -0.05) is 25.5 Å². The Morgan fingerprint density at radius 1 is 1.17 bits per heavy atom. The minimum atomic E-state index is -0.103. The summed E-state index contributed by atoms with van der Waals surface area (Å²) in [5.41, 5.74) is 3.47. The SMILES string of the molecule is C/C(=N\N)[C@@H]1CC[C@@H]2[C@H]3CC=C4C[C@@H](O)CC[C@]4(C)[C@@H]3CC[C@@]21C. The van der Waals surface area contributed by atoms with Crippen molar-refractivity contribution in [2.45, 2.75) is 78.2 Å². The molecule has 3 nitrogen and oxygen atoms in total. The zero-order valence-electron chi connectivity index (χ0n) is 15.6. The van der Waals surface area contributed by atoms with Gasteiger partial charge in [0.15, 0.2) is 0 Å². The maximum Gasteiger partial charge on any atom is 0.0577 e. The summed E-state index contributed by atoms with van der Waals surface area (Å²) < 4.78 is 0. The second-order valence-electron chi connectivity index (χ2n) is 9.60. The van der Waals surface area contributed by atoms with Gasteiger partial charge in [-0.2, -0.15) is 5.10 Å². The maximum atomic E-state index is 10.1. The first-order valence-corrected chi connectivity index (χ1v) is 10.0. The maximum absolute atomic E-state index is 10.1. The van der Waals surface area contributed by atoms with Gasteiger partial charge in [0.1, 0.15) is 0 Å². The molecule has 0 aromatic heterocycles. The number of nitrogens with two attached hydrogens (primary N) is 1. The predicted molar refractivity (Wildman–Crippen MR) is 98.5 cm³/mol. The van der Waals surface area contributed by atoms with Gasteiger partial charge in [0.25, 0.3) is 0 Å². The summed E-state index contributed by atoms with van der Waals surface area (Å²) in [6.07, 6.45) is 12.0. The standard InChI is InChI=1S/C21H34N2O/c1-13(23-22)17-6-7-18-16-5-4-14-12-15(24)8-10-20(14,2)19(16)9-11-21(17,18)3/h4,15-19,24H,5-12,22H2,1-3H3/b23-13+/t15-,16+,17-,18+,19+,20-,21+/m0/s1. The van der Waals surface area contributed by atoms with Crippen LogP contribution < -0.4 is 5.84 Å². The van der Waals surface area contributed by atoms with E-state index in [0.29, 0.717) is 16.7 Å². The molecular formula is C21H34N2O. The lowest BCUT2D eigenvalue weighted by Crippen LogP contribution is -2.50. The van der Waals surface area contributed by atoms with Crippen LogP contribution in [-0.2, 0) is 0 Å². The van der Waals surface area contributed by atoms with Crippen molar-refractivity contribution in [1.82, 2.24) is 0 Å². The van der Waals surface area contributed by atoms with Crippen LogP contribution in [0.3, 0.4) is 0 Å². The van der Waals surface area contributed by atoms with E-state index < -0.39 is 0 Å². The van der Waals surface area contributed by atoms with E-state index in [1.54, 1.807) is 5.57 Å². The van der Waals surface area contributed by atoms with Crippen LogP contribution in [0.5, 0.6) is 0 Å². The molecule has 4 aliphatic rings. The molecule has 3 heteroatoms. The molecule has 0 amide bonds. The Hall–Kier alpha value is -0.830. The Morgan fingerprint density at radius 2 is 1.96 bits per heavy atom. The molecule has 0 bridgehead atoms. The molecule has 0 aromatic carbocycles. The minimum Gasteiger partial charge on any atom is -0.393 e. The van der Waals surface area contributed by atoms with Crippen molar-refractivity contribution >= 4 is 5.71 Å². The van der Waals surface area contributed by atoms with Crippen molar-refractivity contribution in [2.24, 2.45) is 45.4 Å². The predicted octanol–water partition coefficient (Wildman–Crippen LogP) is 4.26. The van der Waals surface area contributed by atoms with Crippen LogP contribution in [-0.4, -0.2) is 16.9 Å². The molecule has 0 heterocycles. The van der Waals surface area contributed by atoms with Crippen molar-refractivity contribution in [3.63, 3.8) is 0 Å². The molecule has 134 valence electrons. The van der Waals surface area contributed by atoms with Gasteiger partial charge in [0.05, 0.1) is 6.10 Å². The summed E-state index contributed by atoms with van der Waals surface area (Å²) in [6, 6.07) is 0. The first-order valence-electron chi connectivity index (χ1n) is 10.0. The molecule has 4 aliphatic carbocycles. The quantitative estimate of drug-likeness (QED) is 0.327. The molecule has 0 aliphatic heterocycles. The number of hydrogen-bond acceptors (Lipinski definition) is 3. The highest BCUT2D eigenvalue weighted by Crippen LogP contribution is 2.66. The van der Waals surface area contributed by atoms with E-state index in [1.165, 1.54) is 38.5 Å². The molecule has 3 fully saturated rings. The van der Waals surface area contributed by atoms with E-state index in [2.05, 4.69) is 31.9 Å². The van der Waals surface area contributed by atoms with E-state index in [-0.39, 0.29) is 6.10 Å². The lowest BCUT2D eigenvalue weighted by atomic mass is 9.47. The molecule has 4 rings (SSSR count). The Balaban J connectivity index is 1.65. The van der Waals surface area contributed by atoms with Crippen LogP contribution in [0.4, 0.5) is 0 Å². The normalized spacial score (nSPS) is 51.4. The number of aliphatic hydroxyl groups is 1. The summed E-state index contributed by atoms with van der Waals surface area (Å²) in [5, 5.41) is 14.2. The highest BCUT2D eigenvalue weighted by Gasteiger charge is 2.58. The second kappa shape index (κ2) is 5.59. The Kier molecular flexibility index (Phi) is 3.87. The molecule has 0 aromatic rings. The first-order chi connectivity index (χ1) is 11.4. The summed E-state index contributed by atoms with van der Waals surface area (Å²) in [7, 11) is 0. The Bertz CT molecular complexity index is 582. The lowest BCUT2D eigenvalue weighted by molar-refractivity contribution is -0.0423. The van der Waals surface area contributed by atoms with Crippen molar-refractivity contribution in [2.75, 3.05) is 0 Å². The third kappa shape index (κ3) is 2.16. The second-order valence-corrected chi connectivity index (χ2v) is 9.60. The Labute approximate surface area is 146 Å². The number of hydrogen-bond donors (Lipinski definition) is 2. The third-order valence-electron chi connectivity index (χ3n) is 8.79. The molecule has 0 spiro atoms. The average Bonchev–Trinajstić information content (AvgIpc) is 2.92. The third-order valence-corrected chi connectivity index (χ3v) is 8.79. The van der Waals surface area contributed by atoms with Gasteiger partial charge in [-0.3, -0.25) is 0 Å². The van der Waals surface area contributed by atoms with Crippen LogP contribution in [0.15, 0.2) is 16.8 Å². The Morgan fingerprint density at radius 3 is 2.71 bits per heavy atom. The van der Waals surface area contributed by atoms with Gasteiger partial charge in [-0.05, 0) is 86.9 Å². The highest BCUT2D eigenvalue weighted by atomic mass is 16.3. The van der Waals surface area contributed by atoms with Crippen LogP contribution in [0.1, 0.15) is 72.1 Å². The number of aliphatic hydroxyl groups excluding tert-OH is 1. The zero-order valence-corrected chi connectivity index (χ0v) is 15.6. The van der Waals surface area contributed by atoms with E-state index in [9.17, 15) is 5.11 Å². The number of nitrogens with zero attached hydrogens (tertiary/aromatic N) is 1. The average molecular weight is 331 g/mol. The molecule has 0 unspecified atom stereocenters. The van der Waals surface area contributed by atoms with E-state index in [0.717, 1.165) is 36.3 Å². The fourth-order valence-electron chi connectivity index (χ4n) is 7.42. The minimum absolute atomic E-state index is 0.103. The molecule has 24 heavy (non-hydrogen) atoms. The fourth-order valence-corrected chi connectivity index (χ4v) is 7.42. The number of hydrazone groups is 1. The lowest BCUT2D eigenvalue weighted by Gasteiger charge is -2.58. The zero-order chi connectivity index (χ0) is 17.1. The first kappa shape index (κ1) is 16.6. The molecular weight excluding hydrogens is 296 g/mol. The van der Waals surface area contributed by atoms with Crippen molar-refractivity contribution < 1.29 is 5.11 Å². The molecule has 3 N–H and O–H groups in total. The van der Waals surface area contributed by atoms with Gasteiger partial charge in [-0.25, -0.2) is 0 Å². The fraction of sp³-hybridized carbons (Fsp3) is 0.857. The van der Waals surface area contributed by atoms with Crippen molar-refractivity contribution in [3.05, 3.63) is 11.6 Å². The van der Waals surface area contributed by atoms with E-state index in [4.69, 9.17) is 5.84 Å². The van der Waals surface area contributed by atoms with Gasteiger partial charge < -0.3 is 10.9 Å². The summed E-state index contributed by atoms with van der Waals surface area (Å²) in [5.74, 6) is 8.68. The smallest absolute Gasteiger partial charge is 0.0577 e. The number of rotatable bonds is 1. The van der Waals surface area contributed by atoms with Gasteiger partial charge in [0, 0.05) is 11.6 Å². The van der Waals surface area contributed by atoms with Crippen LogP contribution in [0.2, 0.25) is 0 Å². The van der Waals surface area contributed by atoms with Gasteiger partial charge in [0.2, 0.25) is 0 Å².